The zero-order chi connectivity index (χ0) is 16.9. The van der Waals surface area contributed by atoms with E-state index in [4.69, 9.17) is 17.0 Å². The second-order valence-corrected chi connectivity index (χ2v) is 6.76. The maximum absolute atomic E-state index is 12.2. The monoisotopic (exact) mass is 351 g/mol. The molecule has 0 bridgehead atoms. The molecule has 2 rings (SSSR count). The molecule has 0 saturated heterocycles. The Kier molecular flexibility index (Phi) is 5.51. The van der Waals surface area contributed by atoms with Crippen molar-refractivity contribution in [2.75, 3.05) is 11.9 Å². The summed E-state index contributed by atoms with van der Waals surface area (Å²) in [4.78, 5) is 4.30. The molecule has 0 saturated carbocycles. The fourth-order valence-electron chi connectivity index (χ4n) is 1.75. The average Bonchev–Trinajstić information content (AvgIpc) is 2.47. The van der Waals surface area contributed by atoms with Gasteiger partial charge in [0.25, 0.3) is 10.0 Å². The fraction of sp³-hybridized carbons (Fsp3) is 0.200. The quantitative estimate of drug-likeness (QED) is 0.806. The van der Waals surface area contributed by atoms with Crippen molar-refractivity contribution in [1.29, 1.82) is 0 Å². The van der Waals surface area contributed by atoms with Crippen LogP contribution in [0.1, 0.15) is 12.5 Å². The van der Waals surface area contributed by atoms with E-state index in [1.807, 2.05) is 13.8 Å². The van der Waals surface area contributed by atoms with Crippen molar-refractivity contribution in [2.45, 2.75) is 18.7 Å². The minimum atomic E-state index is -3.73. The SMILES string of the molecule is CCOc1cccc(NC(=S)NS(=O)(=O)c2ccc(C)cc2)n1. The van der Waals surface area contributed by atoms with Gasteiger partial charge in [0.1, 0.15) is 5.82 Å². The molecule has 0 unspecified atom stereocenters. The normalized spacial score (nSPS) is 10.9. The van der Waals surface area contributed by atoms with Crippen LogP contribution in [0.4, 0.5) is 5.82 Å². The minimum Gasteiger partial charge on any atom is -0.478 e. The summed E-state index contributed by atoms with van der Waals surface area (Å²) >= 11 is 5.04. The molecule has 6 nitrogen and oxygen atoms in total. The third kappa shape index (κ3) is 4.90. The van der Waals surface area contributed by atoms with Gasteiger partial charge in [0.15, 0.2) is 5.11 Å². The first-order valence-electron chi connectivity index (χ1n) is 6.91. The number of sulfonamides is 1. The zero-order valence-corrected chi connectivity index (χ0v) is 14.4. The highest BCUT2D eigenvalue weighted by Crippen LogP contribution is 2.13. The van der Waals surface area contributed by atoms with Crippen molar-refractivity contribution in [3.05, 3.63) is 48.0 Å². The van der Waals surface area contributed by atoms with Crippen LogP contribution in [-0.4, -0.2) is 25.1 Å². The number of anilines is 1. The van der Waals surface area contributed by atoms with Crippen molar-refractivity contribution >= 4 is 33.2 Å². The van der Waals surface area contributed by atoms with Crippen LogP contribution in [-0.2, 0) is 10.0 Å². The Morgan fingerprint density at radius 2 is 1.91 bits per heavy atom. The number of benzene rings is 1. The molecule has 0 fully saturated rings. The molecule has 0 aliphatic rings. The number of hydrogen-bond acceptors (Lipinski definition) is 5. The van der Waals surface area contributed by atoms with E-state index in [2.05, 4.69) is 15.0 Å². The Morgan fingerprint density at radius 3 is 2.57 bits per heavy atom. The molecule has 122 valence electrons. The summed E-state index contributed by atoms with van der Waals surface area (Å²) in [5.74, 6) is 0.828. The van der Waals surface area contributed by atoms with Gasteiger partial charge in [-0.25, -0.2) is 8.42 Å². The first-order valence-corrected chi connectivity index (χ1v) is 8.80. The summed E-state index contributed by atoms with van der Waals surface area (Å²) in [5, 5.41) is 2.66. The third-order valence-corrected chi connectivity index (χ3v) is 4.51. The molecule has 0 radical (unpaired) electrons. The predicted molar refractivity (Wildman–Crippen MR) is 93.1 cm³/mol. The second kappa shape index (κ2) is 7.38. The molecule has 2 aromatic rings. The zero-order valence-electron chi connectivity index (χ0n) is 12.7. The number of thiocarbonyl (C=S) groups is 1. The summed E-state index contributed by atoms with van der Waals surface area (Å²) in [6.07, 6.45) is 0. The van der Waals surface area contributed by atoms with Gasteiger partial charge in [0.2, 0.25) is 5.88 Å². The molecule has 23 heavy (non-hydrogen) atoms. The molecule has 0 aliphatic heterocycles. The highest BCUT2D eigenvalue weighted by Gasteiger charge is 2.15. The first-order chi connectivity index (χ1) is 10.9. The standard InChI is InChI=1S/C15H17N3O3S2/c1-3-21-14-6-4-5-13(16-14)17-15(22)18-23(19,20)12-9-7-11(2)8-10-12/h4-10H,3H2,1-2H3,(H2,16,17,18,22). The number of nitrogens with zero attached hydrogens (tertiary/aromatic N) is 1. The number of hydrogen-bond donors (Lipinski definition) is 2. The van der Waals surface area contributed by atoms with E-state index in [1.54, 1.807) is 30.3 Å². The fourth-order valence-corrected chi connectivity index (χ4v) is 3.09. The maximum atomic E-state index is 12.2. The van der Waals surface area contributed by atoms with Crippen molar-refractivity contribution in [2.24, 2.45) is 0 Å². The van der Waals surface area contributed by atoms with Crippen molar-refractivity contribution in [3.8, 4) is 5.88 Å². The van der Waals surface area contributed by atoms with E-state index in [0.717, 1.165) is 5.56 Å². The molecular weight excluding hydrogens is 334 g/mol. The van der Waals surface area contributed by atoms with E-state index in [-0.39, 0.29) is 10.0 Å². The summed E-state index contributed by atoms with van der Waals surface area (Å²) in [5.41, 5.74) is 0.974. The molecule has 8 heteroatoms. The molecule has 1 heterocycles. The second-order valence-electron chi connectivity index (χ2n) is 4.67. The van der Waals surface area contributed by atoms with Crippen molar-refractivity contribution in [1.82, 2.24) is 9.71 Å². The molecule has 0 amide bonds. The number of ether oxygens (including phenoxy) is 1. The average molecular weight is 351 g/mol. The van der Waals surface area contributed by atoms with Crippen molar-refractivity contribution in [3.63, 3.8) is 0 Å². The number of rotatable bonds is 5. The Morgan fingerprint density at radius 1 is 1.22 bits per heavy atom. The largest absolute Gasteiger partial charge is 0.478 e. The molecule has 0 atom stereocenters. The van der Waals surface area contributed by atoms with E-state index < -0.39 is 10.0 Å². The lowest BCUT2D eigenvalue weighted by Gasteiger charge is -2.11. The van der Waals surface area contributed by atoms with Gasteiger partial charge in [-0.05, 0) is 44.3 Å². The number of aryl methyl sites for hydroxylation is 1. The van der Waals surface area contributed by atoms with Gasteiger partial charge in [-0.3, -0.25) is 4.72 Å². The summed E-state index contributed by atoms with van der Waals surface area (Å²) in [6, 6.07) is 11.6. The number of nitrogens with one attached hydrogen (secondary N) is 2. The van der Waals surface area contributed by atoms with Crippen LogP contribution in [0.2, 0.25) is 0 Å². The Bertz CT molecular complexity index is 790. The Hall–Kier alpha value is -2.19. The predicted octanol–water partition coefficient (Wildman–Crippen LogP) is 2.46. The Balaban J connectivity index is 2.06. The van der Waals surface area contributed by atoms with Gasteiger partial charge in [0, 0.05) is 6.07 Å². The van der Waals surface area contributed by atoms with Gasteiger partial charge >= 0.3 is 0 Å². The van der Waals surface area contributed by atoms with Gasteiger partial charge < -0.3 is 10.1 Å². The summed E-state index contributed by atoms with van der Waals surface area (Å²) in [7, 11) is -3.73. The lowest BCUT2D eigenvalue weighted by molar-refractivity contribution is 0.327. The van der Waals surface area contributed by atoms with Gasteiger partial charge in [-0.2, -0.15) is 4.98 Å². The molecule has 1 aromatic heterocycles. The molecule has 0 aliphatic carbocycles. The summed E-state index contributed by atoms with van der Waals surface area (Å²) in [6.45, 7) is 4.22. The van der Waals surface area contributed by atoms with Gasteiger partial charge in [0.05, 0.1) is 11.5 Å². The van der Waals surface area contributed by atoms with Crippen LogP contribution in [0.15, 0.2) is 47.4 Å². The van der Waals surface area contributed by atoms with Gasteiger partial charge in [-0.1, -0.05) is 23.8 Å². The first kappa shape index (κ1) is 17.2. The molecule has 1 aromatic carbocycles. The van der Waals surface area contributed by atoms with E-state index in [0.29, 0.717) is 18.3 Å². The maximum Gasteiger partial charge on any atom is 0.263 e. The van der Waals surface area contributed by atoms with Crippen LogP contribution in [0.5, 0.6) is 5.88 Å². The lowest BCUT2D eigenvalue weighted by atomic mass is 10.2. The van der Waals surface area contributed by atoms with Crippen LogP contribution in [0, 0.1) is 6.92 Å². The Labute approximate surface area is 141 Å². The topological polar surface area (TPSA) is 80.3 Å². The molecule has 2 N–H and O–H groups in total. The highest BCUT2D eigenvalue weighted by atomic mass is 32.2. The van der Waals surface area contributed by atoms with Gasteiger partial charge in [-0.15, -0.1) is 0 Å². The lowest BCUT2D eigenvalue weighted by Crippen LogP contribution is -2.34. The smallest absolute Gasteiger partial charge is 0.263 e. The third-order valence-electron chi connectivity index (χ3n) is 2.82. The highest BCUT2D eigenvalue weighted by molar-refractivity contribution is 7.92. The molecular formula is C15H17N3O3S2. The van der Waals surface area contributed by atoms with E-state index >= 15 is 0 Å². The van der Waals surface area contributed by atoms with Crippen LogP contribution in [0.25, 0.3) is 0 Å². The van der Waals surface area contributed by atoms with Crippen LogP contribution < -0.4 is 14.8 Å². The number of aromatic nitrogens is 1. The minimum absolute atomic E-state index is 0.0632. The van der Waals surface area contributed by atoms with Crippen LogP contribution in [0.3, 0.4) is 0 Å². The summed E-state index contributed by atoms with van der Waals surface area (Å²) < 4.78 is 32.0. The van der Waals surface area contributed by atoms with E-state index in [1.165, 1.54) is 12.1 Å². The molecule has 0 spiro atoms. The van der Waals surface area contributed by atoms with E-state index in [9.17, 15) is 8.42 Å². The van der Waals surface area contributed by atoms with Crippen LogP contribution >= 0.6 is 12.2 Å². The number of pyridine rings is 1. The van der Waals surface area contributed by atoms with Crippen molar-refractivity contribution < 1.29 is 13.2 Å².